The van der Waals surface area contributed by atoms with E-state index in [2.05, 4.69) is 15.2 Å². The first-order chi connectivity index (χ1) is 14.6. The molecule has 0 spiro atoms. The highest BCUT2D eigenvalue weighted by Gasteiger charge is 2.30. The SMILES string of the molecule is COCCNC(=NCc1ccc([N+](=O)[O-])cc1)N1CCN(C(=O)C2CCCO2)CC1. The zero-order valence-electron chi connectivity index (χ0n) is 17.3. The van der Waals surface area contributed by atoms with Gasteiger partial charge in [0.2, 0.25) is 0 Å². The van der Waals surface area contributed by atoms with Crippen LogP contribution < -0.4 is 5.32 Å². The fraction of sp³-hybridized carbons (Fsp3) is 0.600. The largest absolute Gasteiger partial charge is 0.383 e. The maximum Gasteiger partial charge on any atom is 0.269 e. The number of methoxy groups -OCH3 is 1. The van der Waals surface area contributed by atoms with Gasteiger partial charge in [0.15, 0.2) is 5.96 Å². The number of carbonyl (C=O) groups is 1. The standard InChI is InChI=1S/C20H29N5O5/c1-29-14-8-21-20(22-15-16-4-6-17(7-5-16)25(27)28)24-11-9-23(10-12-24)19(26)18-3-2-13-30-18/h4-7,18H,2-3,8-15H2,1H3,(H,21,22). The van der Waals surface area contributed by atoms with Gasteiger partial charge in [-0.3, -0.25) is 14.9 Å². The van der Waals surface area contributed by atoms with E-state index in [4.69, 9.17) is 9.47 Å². The number of rotatable bonds is 7. The second-order valence-corrected chi connectivity index (χ2v) is 7.30. The van der Waals surface area contributed by atoms with Gasteiger partial charge in [0.05, 0.1) is 18.1 Å². The summed E-state index contributed by atoms with van der Waals surface area (Å²) in [6, 6.07) is 6.40. The molecule has 2 aliphatic heterocycles. The number of non-ortho nitro benzene ring substituents is 1. The molecule has 0 radical (unpaired) electrons. The third-order valence-electron chi connectivity index (χ3n) is 5.24. The second-order valence-electron chi connectivity index (χ2n) is 7.30. The molecular weight excluding hydrogens is 390 g/mol. The predicted octanol–water partition coefficient (Wildman–Crippen LogP) is 1.01. The van der Waals surface area contributed by atoms with E-state index in [1.54, 1.807) is 19.2 Å². The Hall–Kier alpha value is -2.72. The van der Waals surface area contributed by atoms with E-state index in [9.17, 15) is 14.9 Å². The number of nitrogens with one attached hydrogen (secondary N) is 1. The van der Waals surface area contributed by atoms with Gasteiger partial charge < -0.3 is 24.6 Å². The maximum absolute atomic E-state index is 12.5. The highest BCUT2D eigenvalue weighted by atomic mass is 16.6. The summed E-state index contributed by atoms with van der Waals surface area (Å²) in [7, 11) is 1.64. The molecule has 2 saturated heterocycles. The van der Waals surface area contributed by atoms with E-state index in [0.29, 0.717) is 52.5 Å². The van der Waals surface area contributed by atoms with Crippen molar-refractivity contribution in [2.75, 3.05) is 53.0 Å². The molecule has 2 heterocycles. The minimum absolute atomic E-state index is 0.0632. The first kappa shape index (κ1) is 22.0. The van der Waals surface area contributed by atoms with Crippen molar-refractivity contribution in [2.45, 2.75) is 25.5 Å². The Labute approximate surface area is 176 Å². The molecule has 0 saturated carbocycles. The monoisotopic (exact) mass is 419 g/mol. The minimum atomic E-state index is -0.415. The molecule has 1 amide bonds. The Kier molecular flexibility index (Phi) is 7.97. The number of benzene rings is 1. The molecule has 0 bridgehead atoms. The summed E-state index contributed by atoms with van der Waals surface area (Å²) in [5, 5.41) is 14.1. The molecule has 10 heteroatoms. The number of amides is 1. The predicted molar refractivity (Wildman–Crippen MR) is 111 cm³/mol. The molecule has 164 valence electrons. The van der Waals surface area contributed by atoms with E-state index in [1.807, 2.05) is 4.90 Å². The Morgan fingerprint density at radius 1 is 1.27 bits per heavy atom. The first-order valence-electron chi connectivity index (χ1n) is 10.2. The third-order valence-corrected chi connectivity index (χ3v) is 5.24. The van der Waals surface area contributed by atoms with Crippen molar-refractivity contribution in [2.24, 2.45) is 4.99 Å². The first-order valence-corrected chi connectivity index (χ1v) is 10.2. The normalized spacial score (nSPS) is 19.8. The number of nitrogens with zero attached hydrogens (tertiary/aromatic N) is 4. The number of ether oxygens (including phenoxy) is 2. The molecule has 1 atom stereocenters. The van der Waals surface area contributed by atoms with Crippen molar-refractivity contribution in [3.63, 3.8) is 0 Å². The van der Waals surface area contributed by atoms with Crippen LogP contribution in [0.4, 0.5) is 5.69 Å². The molecule has 1 unspecified atom stereocenters. The smallest absolute Gasteiger partial charge is 0.269 e. The number of carbonyl (C=O) groups excluding carboxylic acids is 1. The van der Waals surface area contributed by atoms with Gasteiger partial charge in [-0.2, -0.15) is 0 Å². The van der Waals surface area contributed by atoms with Crippen molar-refractivity contribution in [1.29, 1.82) is 0 Å². The highest BCUT2D eigenvalue weighted by molar-refractivity contribution is 5.83. The van der Waals surface area contributed by atoms with Crippen LogP contribution in [-0.4, -0.2) is 85.7 Å². The average molecular weight is 419 g/mol. The van der Waals surface area contributed by atoms with Gasteiger partial charge in [0, 0.05) is 58.6 Å². The van der Waals surface area contributed by atoms with Crippen molar-refractivity contribution >= 4 is 17.6 Å². The van der Waals surface area contributed by atoms with Gasteiger partial charge >= 0.3 is 0 Å². The van der Waals surface area contributed by atoms with Crippen LogP contribution in [0.2, 0.25) is 0 Å². The van der Waals surface area contributed by atoms with Crippen molar-refractivity contribution < 1.29 is 19.2 Å². The topological polar surface area (TPSA) is 110 Å². The van der Waals surface area contributed by atoms with Crippen LogP contribution in [0, 0.1) is 10.1 Å². The Bertz CT molecular complexity index is 740. The van der Waals surface area contributed by atoms with Crippen LogP contribution in [0.1, 0.15) is 18.4 Å². The molecule has 1 N–H and O–H groups in total. The minimum Gasteiger partial charge on any atom is -0.383 e. The molecular formula is C20H29N5O5. The Morgan fingerprint density at radius 2 is 1.97 bits per heavy atom. The van der Waals surface area contributed by atoms with Crippen LogP contribution in [0.3, 0.4) is 0 Å². The molecule has 2 fully saturated rings. The molecule has 0 aliphatic carbocycles. The highest BCUT2D eigenvalue weighted by Crippen LogP contribution is 2.16. The van der Waals surface area contributed by atoms with Crippen LogP contribution in [0.5, 0.6) is 0 Å². The maximum atomic E-state index is 12.5. The summed E-state index contributed by atoms with van der Waals surface area (Å²) in [6.07, 6.45) is 1.46. The lowest BCUT2D eigenvalue weighted by molar-refractivity contribution is -0.384. The molecule has 30 heavy (non-hydrogen) atoms. The van der Waals surface area contributed by atoms with Crippen molar-refractivity contribution in [1.82, 2.24) is 15.1 Å². The molecule has 2 aliphatic rings. The van der Waals surface area contributed by atoms with Crippen LogP contribution in [0.15, 0.2) is 29.3 Å². The van der Waals surface area contributed by atoms with E-state index in [-0.39, 0.29) is 17.7 Å². The van der Waals surface area contributed by atoms with Gasteiger partial charge in [0.25, 0.3) is 11.6 Å². The number of nitro groups is 1. The number of piperazine rings is 1. The van der Waals surface area contributed by atoms with Crippen LogP contribution >= 0.6 is 0 Å². The number of guanidine groups is 1. The summed E-state index contributed by atoms with van der Waals surface area (Å²) >= 11 is 0. The Balaban J connectivity index is 1.59. The van der Waals surface area contributed by atoms with Gasteiger partial charge in [-0.1, -0.05) is 12.1 Å². The van der Waals surface area contributed by atoms with Gasteiger partial charge in [-0.05, 0) is 18.4 Å². The Morgan fingerprint density at radius 3 is 2.57 bits per heavy atom. The summed E-state index contributed by atoms with van der Waals surface area (Å²) in [5.74, 6) is 0.832. The summed E-state index contributed by atoms with van der Waals surface area (Å²) in [4.78, 5) is 31.6. The van der Waals surface area contributed by atoms with E-state index >= 15 is 0 Å². The fourth-order valence-electron chi connectivity index (χ4n) is 3.54. The third kappa shape index (κ3) is 5.90. The second kappa shape index (κ2) is 10.9. The van der Waals surface area contributed by atoms with Gasteiger partial charge in [0.1, 0.15) is 6.10 Å². The number of hydrogen-bond donors (Lipinski definition) is 1. The molecule has 10 nitrogen and oxygen atoms in total. The van der Waals surface area contributed by atoms with Crippen LogP contribution in [-0.2, 0) is 20.8 Å². The molecule has 1 aromatic rings. The van der Waals surface area contributed by atoms with Gasteiger partial charge in [-0.15, -0.1) is 0 Å². The quantitative estimate of drug-likeness (QED) is 0.231. The summed E-state index contributed by atoms with van der Waals surface area (Å²) < 4.78 is 10.6. The van der Waals surface area contributed by atoms with Crippen LogP contribution in [0.25, 0.3) is 0 Å². The van der Waals surface area contributed by atoms with Gasteiger partial charge in [-0.25, -0.2) is 4.99 Å². The molecule has 1 aromatic carbocycles. The van der Waals surface area contributed by atoms with E-state index in [0.717, 1.165) is 24.4 Å². The lowest BCUT2D eigenvalue weighted by Gasteiger charge is -2.37. The van der Waals surface area contributed by atoms with Crippen molar-refractivity contribution in [3.05, 3.63) is 39.9 Å². The molecule has 3 rings (SSSR count). The summed E-state index contributed by atoms with van der Waals surface area (Å²) in [5.41, 5.74) is 0.951. The fourth-order valence-corrected chi connectivity index (χ4v) is 3.54. The lowest BCUT2D eigenvalue weighted by Crippen LogP contribution is -2.55. The van der Waals surface area contributed by atoms with Crippen molar-refractivity contribution in [3.8, 4) is 0 Å². The average Bonchev–Trinajstić information content (AvgIpc) is 3.31. The van der Waals surface area contributed by atoms with E-state index in [1.165, 1.54) is 12.1 Å². The summed E-state index contributed by atoms with van der Waals surface area (Å²) in [6.45, 7) is 4.85. The number of aliphatic imine (C=N–C) groups is 1. The lowest BCUT2D eigenvalue weighted by atomic mass is 10.2. The number of hydrogen-bond acceptors (Lipinski definition) is 6. The zero-order valence-corrected chi connectivity index (χ0v) is 17.3. The van der Waals surface area contributed by atoms with E-state index < -0.39 is 4.92 Å². The zero-order chi connectivity index (χ0) is 21.3. The number of nitro benzene ring substituents is 1. The molecule has 0 aromatic heterocycles.